The van der Waals surface area contributed by atoms with Gasteiger partial charge in [0.25, 0.3) is 0 Å². The Balaban J connectivity index is 2.44. The number of hydrogen-bond donors (Lipinski definition) is 2. The third-order valence-corrected chi connectivity index (χ3v) is 2.40. The fourth-order valence-corrected chi connectivity index (χ4v) is 1.46. The number of nitriles is 1. The van der Waals surface area contributed by atoms with Gasteiger partial charge in [-0.3, -0.25) is 4.79 Å². The molecule has 2 N–H and O–H groups in total. The normalized spacial score (nSPS) is 23.4. The molecule has 0 aliphatic carbocycles. The van der Waals surface area contributed by atoms with Crippen molar-refractivity contribution in [1.29, 1.82) is 5.26 Å². The quantitative estimate of drug-likeness (QED) is 0.751. The maximum atomic E-state index is 12.2. The van der Waals surface area contributed by atoms with E-state index in [1.54, 1.807) is 0 Å². The largest absolute Gasteiger partial charge is 0.405 e. The lowest BCUT2D eigenvalue weighted by Crippen LogP contribution is -2.50. The van der Waals surface area contributed by atoms with Gasteiger partial charge in [-0.1, -0.05) is 0 Å². The van der Waals surface area contributed by atoms with E-state index in [2.05, 4.69) is 10.6 Å². The Hall–Kier alpha value is -1.29. The van der Waals surface area contributed by atoms with E-state index in [9.17, 15) is 18.0 Å². The molecule has 90 valence electrons. The molecular weight excluding hydrogens is 223 g/mol. The molecule has 1 heterocycles. The van der Waals surface area contributed by atoms with Crippen molar-refractivity contribution in [2.24, 2.45) is 5.92 Å². The van der Waals surface area contributed by atoms with Crippen LogP contribution in [-0.4, -0.2) is 31.2 Å². The minimum atomic E-state index is -4.55. The van der Waals surface area contributed by atoms with Gasteiger partial charge in [-0.2, -0.15) is 18.4 Å². The number of carbonyl (C=O) groups excluding carboxylic acids is 1. The molecule has 0 bridgehead atoms. The van der Waals surface area contributed by atoms with Crippen molar-refractivity contribution in [3.8, 4) is 6.07 Å². The molecule has 0 saturated carbocycles. The highest BCUT2D eigenvalue weighted by atomic mass is 19.4. The molecule has 4 nitrogen and oxygen atoms in total. The van der Waals surface area contributed by atoms with Crippen molar-refractivity contribution in [3.05, 3.63) is 0 Å². The third kappa shape index (κ3) is 3.38. The van der Waals surface area contributed by atoms with Crippen LogP contribution in [0.5, 0.6) is 0 Å². The number of hydrogen-bond acceptors (Lipinski definition) is 3. The molecular formula is C9H12F3N3O. The molecule has 1 amide bonds. The molecule has 0 aromatic heterocycles. The monoisotopic (exact) mass is 235 g/mol. The highest BCUT2D eigenvalue weighted by molar-refractivity contribution is 5.82. The minimum Gasteiger partial charge on any atom is -0.355 e. The fraction of sp³-hybridized carbons (Fsp3) is 0.778. The first-order chi connectivity index (χ1) is 7.45. The van der Waals surface area contributed by atoms with E-state index in [0.29, 0.717) is 13.0 Å². The zero-order chi connectivity index (χ0) is 12.2. The van der Waals surface area contributed by atoms with Gasteiger partial charge in [0.1, 0.15) is 0 Å². The number of nitrogens with one attached hydrogen (secondary N) is 2. The summed E-state index contributed by atoms with van der Waals surface area (Å²) < 4.78 is 36.6. The molecule has 7 heteroatoms. The maximum Gasteiger partial charge on any atom is 0.405 e. The lowest BCUT2D eigenvalue weighted by Gasteiger charge is -2.24. The fourth-order valence-electron chi connectivity index (χ4n) is 1.46. The van der Waals surface area contributed by atoms with E-state index in [-0.39, 0.29) is 5.91 Å². The van der Waals surface area contributed by atoms with Crippen molar-refractivity contribution in [3.63, 3.8) is 0 Å². The number of rotatable bonds is 3. The molecule has 1 rings (SSSR count). The summed E-state index contributed by atoms with van der Waals surface area (Å²) in [5.41, 5.74) is 0. The van der Waals surface area contributed by atoms with Crippen molar-refractivity contribution in [2.45, 2.75) is 25.1 Å². The molecule has 1 fully saturated rings. The van der Waals surface area contributed by atoms with Crippen LogP contribution >= 0.6 is 0 Å². The molecule has 0 aromatic carbocycles. The van der Waals surface area contributed by atoms with Crippen molar-refractivity contribution < 1.29 is 18.0 Å². The molecule has 2 unspecified atom stereocenters. The molecule has 0 spiro atoms. The first-order valence-corrected chi connectivity index (χ1v) is 4.92. The molecule has 2 atom stereocenters. The van der Waals surface area contributed by atoms with E-state index in [1.165, 1.54) is 6.07 Å². The first-order valence-electron chi connectivity index (χ1n) is 4.92. The standard InChI is InChI=1S/C9H12F3N3O/c10-9(11,12)6(4-13)5-15-7-2-1-3-14-8(7)16/h6-7,15H,1-3,5H2,(H,14,16). The van der Waals surface area contributed by atoms with Crippen LogP contribution in [0.3, 0.4) is 0 Å². The highest BCUT2D eigenvalue weighted by Gasteiger charge is 2.40. The van der Waals surface area contributed by atoms with Crippen LogP contribution in [0.25, 0.3) is 0 Å². The molecule has 1 saturated heterocycles. The van der Waals surface area contributed by atoms with E-state index < -0.39 is 24.7 Å². The van der Waals surface area contributed by atoms with E-state index in [0.717, 1.165) is 6.42 Å². The first kappa shape index (κ1) is 12.8. The van der Waals surface area contributed by atoms with Crippen molar-refractivity contribution in [1.82, 2.24) is 10.6 Å². The van der Waals surface area contributed by atoms with Gasteiger partial charge >= 0.3 is 6.18 Å². The van der Waals surface area contributed by atoms with E-state index in [1.807, 2.05) is 0 Å². The second-order valence-corrected chi connectivity index (χ2v) is 3.62. The highest BCUT2D eigenvalue weighted by Crippen LogP contribution is 2.25. The average Bonchev–Trinajstić information content (AvgIpc) is 2.19. The number of piperidine rings is 1. The summed E-state index contributed by atoms with van der Waals surface area (Å²) in [4.78, 5) is 11.2. The van der Waals surface area contributed by atoms with Gasteiger partial charge < -0.3 is 10.6 Å². The molecule has 1 aliphatic rings. The average molecular weight is 235 g/mol. The zero-order valence-corrected chi connectivity index (χ0v) is 8.47. The Labute approximate surface area is 90.8 Å². The second-order valence-electron chi connectivity index (χ2n) is 3.62. The number of halogens is 3. The van der Waals surface area contributed by atoms with Crippen LogP contribution < -0.4 is 10.6 Å². The van der Waals surface area contributed by atoms with Crippen LogP contribution in [0.15, 0.2) is 0 Å². The number of amides is 1. The lowest BCUT2D eigenvalue weighted by molar-refractivity contribution is -0.158. The van der Waals surface area contributed by atoms with Gasteiger partial charge in [-0.05, 0) is 12.8 Å². The van der Waals surface area contributed by atoms with E-state index >= 15 is 0 Å². The Bertz CT molecular complexity index is 297. The van der Waals surface area contributed by atoms with Crippen LogP contribution in [0.4, 0.5) is 13.2 Å². The minimum absolute atomic E-state index is 0.301. The summed E-state index contributed by atoms with van der Waals surface area (Å²) in [5.74, 6) is -2.37. The Kier molecular flexibility index (Phi) is 4.12. The SMILES string of the molecule is N#CC(CNC1CCCNC1=O)C(F)(F)F. The van der Waals surface area contributed by atoms with Gasteiger partial charge in [-0.25, -0.2) is 0 Å². The van der Waals surface area contributed by atoms with Crippen LogP contribution in [0.2, 0.25) is 0 Å². The Morgan fingerprint density at radius 2 is 2.31 bits per heavy atom. The Morgan fingerprint density at radius 1 is 1.62 bits per heavy atom. The summed E-state index contributed by atoms with van der Waals surface area (Å²) in [7, 11) is 0. The number of alkyl halides is 3. The summed E-state index contributed by atoms with van der Waals surface area (Å²) in [6.07, 6.45) is -3.32. The summed E-state index contributed by atoms with van der Waals surface area (Å²) in [6.45, 7) is 0.00997. The topological polar surface area (TPSA) is 64.9 Å². The predicted octanol–water partition coefficient (Wildman–Crippen LogP) is 0.557. The molecule has 1 aliphatic heterocycles. The number of carbonyl (C=O) groups is 1. The number of nitrogens with zero attached hydrogens (tertiary/aromatic N) is 1. The maximum absolute atomic E-state index is 12.2. The zero-order valence-electron chi connectivity index (χ0n) is 8.47. The third-order valence-electron chi connectivity index (χ3n) is 2.40. The lowest BCUT2D eigenvalue weighted by atomic mass is 10.1. The van der Waals surface area contributed by atoms with Crippen molar-refractivity contribution in [2.75, 3.05) is 13.1 Å². The summed E-state index contributed by atoms with van der Waals surface area (Å²) in [5, 5.41) is 13.4. The van der Waals surface area contributed by atoms with Crippen molar-refractivity contribution >= 4 is 5.91 Å². The van der Waals surface area contributed by atoms with Gasteiger partial charge in [0.15, 0.2) is 5.92 Å². The van der Waals surface area contributed by atoms with Crippen LogP contribution in [0.1, 0.15) is 12.8 Å². The van der Waals surface area contributed by atoms with Gasteiger partial charge in [0.2, 0.25) is 5.91 Å². The molecule has 16 heavy (non-hydrogen) atoms. The summed E-state index contributed by atoms with van der Waals surface area (Å²) >= 11 is 0. The molecule has 0 aromatic rings. The van der Waals surface area contributed by atoms with Crippen LogP contribution in [0, 0.1) is 17.2 Å². The van der Waals surface area contributed by atoms with Gasteiger partial charge in [-0.15, -0.1) is 0 Å². The van der Waals surface area contributed by atoms with Gasteiger partial charge in [0.05, 0.1) is 12.1 Å². The van der Waals surface area contributed by atoms with Crippen LogP contribution in [-0.2, 0) is 4.79 Å². The Morgan fingerprint density at radius 3 is 2.81 bits per heavy atom. The van der Waals surface area contributed by atoms with Gasteiger partial charge in [0, 0.05) is 13.1 Å². The molecule has 0 radical (unpaired) electrons. The smallest absolute Gasteiger partial charge is 0.355 e. The second kappa shape index (κ2) is 5.16. The van der Waals surface area contributed by atoms with E-state index in [4.69, 9.17) is 5.26 Å². The summed E-state index contributed by atoms with van der Waals surface area (Å²) in [6, 6.07) is 0.559. The predicted molar refractivity (Wildman–Crippen MR) is 49.2 cm³/mol.